The Morgan fingerprint density at radius 3 is 2.56 bits per heavy atom. The van der Waals surface area contributed by atoms with Crippen LogP contribution in [-0.4, -0.2) is 28.2 Å². The zero-order chi connectivity index (χ0) is 13.8. The van der Waals surface area contributed by atoms with E-state index in [4.69, 9.17) is 4.74 Å². The van der Waals surface area contributed by atoms with Gasteiger partial charge in [0.05, 0.1) is 18.6 Å². The Kier molecular flexibility index (Phi) is 4.55. The number of aryl methyl sites for hydroxylation is 1. The molecule has 0 aliphatic heterocycles. The predicted octanol–water partition coefficient (Wildman–Crippen LogP) is 1.44. The van der Waals surface area contributed by atoms with E-state index in [0.29, 0.717) is 11.3 Å². The number of carbonyl (C=O) groups excluding carboxylic acids is 1. The van der Waals surface area contributed by atoms with E-state index in [1.807, 2.05) is 4.72 Å². The monoisotopic (exact) mass is 273 g/mol. The first-order valence-electron chi connectivity index (χ1n) is 5.25. The minimum atomic E-state index is -3.91. The van der Waals surface area contributed by atoms with Crippen LogP contribution >= 0.6 is 0 Å². The highest BCUT2D eigenvalue weighted by atomic mass is 32.2. The van der Waals surface area contributed by atoms with Gasteiger partial charge in [-0.05, 0) is 37.6 Å². The number of amides is 1. The Hall–Kier alpha value is -1.76. The summed E-state index contributed by atoms with van der Waals surface area (Å²) in [7, 11) is -2.42. The van der Waals surface area contributed by atoms with Crippen molar-refractivity contribution in [1.29, 1.82) is 0 Å². The molecule has 0 bridgehead atoms. The van der Waals surface area contributed by atoms with Gasteiger partial charge in [-0.2, -0.15) is 0 Å². The lowest BCUT2D eigenvalue weighted by atomic mass is 10.2. The van der Waals surface area contributed by atoms with E-state index >= 15 is 0 Å². The molecule has 0 unspecified atom stereocenters. The number of rotatable bonds is 4. The van der Waals surface area contributed by atoms with Gasteiger partial charge in [0.2, 0.25) is 0 Å². The number of sulfonamides is 1. The molecule has 1 rings (SSSR count). The first kappa shape index (κ1) is 14.3. The highest BCUT2D eigenvalue weighted by Crippen LogP contribution is 2.21. The van der Waals surface area contributed by atoms with Crippen LogP contribution in [0.3, 0.4) is 0 Å². The summed E-state index contributed by atoms with van der Waals surface area (Å²) in [6.45, 7) is 3.40. The van der Waals surface area contributed by atoms with Gasteiger partial charge >= 0.3 is 6.09 Å². The van der Waals surface area contributed by atoms with Gasteiger partial charge in [-0.25, -0.2) is 17.9 Å². The van der Waals surface area contributed by atoms with Crippen LogP contribution in [0.15, 0.2) is 23.1 Å². The van der Waals surface area contributed by atoms with E-state index in [1.54, 1.807) is 13.8 Å². The van der Waals surface area contributed by atoms with E-state index in [1.165, 1.54) is 25.3 Å². The molecule has 0 aliphatic carbocycles. The Bertz CT molecular complexity index is 538. The minimum absolute atomic E-state index is 0.0196. The number of hydrogen-bond donors (Lipinski definition) is 1. The number of methoxy groups -OCH3 is 1. The lowest BCUT2D eigenvalue weighted by Crippen LogP contribution is -2.31. The van der Waals surface area contributed by atoms with E-state index in [2.05, 4.69) is 4.74 Å². The molecule has 0 aliphatic rings. The molecule has 0 fully saturated rings. The summed E-state index contributed by atoms with van der Waals surface area (Å²) in [6.07, 6.45) is -0.994. The summed E-state index contributed by atoms with van der Waals surface area (Å²) in [6, 6.07) is 4.29. The van der Waals surface area contributed by atoms with Gasteiger partial charge < -0.3 is 9.47 Å². The largest absolute Gasteiger partial charge is 0.496 e. The average Bonchev–Trinajstić information content (AvgIpc) is 2.28. The molecule has 0 atom stereocenters. The van der Waals surface area contributed by atoms with Gasteiger partial charge in [0.25, 0.3) is 10.0 Å². The maximum Gasteiger partial charge on any atom is 0.421 e. The van der Waals surface area contributed by atoms with Crippen LogP contribution < -0.4 is 9.46 Å². The maximum absolute atomic E-state index is 11.8. The molecule has 1 aromatic carbocycles. The second kappa shape index (κ2) is 5.72. The first-order valence-corrected chi connectivity index (χ1v) is 6.73. The molecular weight excluding hydrogens is 258 g/mol. The molecule has 6 nitrogen and oxygen atoms in total. The van der Waals surface area contributed by atoms with Gasteiger partial charge in [-0.3, -0.25) is 0 Å². The van der Waals surface area contributed by atoms with Gasteiger partial charge in [-0.1, -0.05) is 0 Å². The van der Waals surface area contributed by atoms with Crippen molar-refractivity contribution in [3.63, 3.8) is 0 Å². The summed E-state index contributed by atoms with van der Waals surface area (Å²) >= 11 is 0. The minimum Gasteiger partial charge on any atom is -0.496 e. The fraction of sp³-hybridized carbons (Fsp3) is 0.364. The van der Waals surface area contributed by atoms with Crippen LogP contribution in [-0.2, 0) is 14.8 Å². The summed E-state index contributed by atoms with van der Waals surface area (Å²) in [4.78, 5) is 11.1. The average molecular weight is 273 g/mol. The third-order valence-corrected chi connectivity index (χ3v) is 3.48. The van der Waals surface area contributed by atoms with Crippen LogP contribution in [0, 0.1) is 6.92 Å². The Morgan fingerprint density at radius 2 is 2.06 bits per heavy atom. The van der Waals surface area contributed by atoms with Crippen LogP contribution in [0.25, 0.3) is 0 Å². The van der Waals surface area contributed by atoms with Gasteiger partial charge in [0, 0.05) is 0 Å². The molecule has 0 saturated heterocycles. The van der Waals surface area contributed by atoms with E-state index in [9.17, 15) is 13.2 Å². The Labute approximate surface area is 106 Å². The molecule has 100 valence electrons. The second-order valence-corrected chi connectivity index (χ2v) is 5.14. The number of nitrogens with one attached hydrogen (secondary N) is 1. The normalized spacial score (nSPS) is 10.8. The summed E-state index contributed by atoms with van der Waals surface area (Å²) in [5, 5.41) is 0. The van der Waals surface area contributed by atoms with Crippen LogP contribution in [0.4, 0.5) is 4.79 Å². The highest BCUT2D eigenvalue weighted by Gasteiger charge is 2.19. The summed E-state index contributed by atoms with van der Waals surface area (Å²) < 4.78 is 35.0. The molecule has 0 heterocycles. The third-order valence-electron chi connectivity index (χ3n) is 2.17. The van der Waals surface area contributed by atoms with Crippen molar-refractivity contribution in [3.8, 4) is 5.75 Å². The van der Waals surface area contributed by atoms with Crippen molar-refractivity contribution in [1.82, 2.24) is 4.72 Å². The van der Waals surface area contributed by atoms with E-state index < -0.39 is 16.1 Å². The molecule has 0 aromatic heterocycles. The van der Waals surface area contributed by atoms with Crippen molar-refractivity contribution in [2.45, 2.75) is 18.7 Å². The second-order valence-electron chi connectivity index (χ2n) is 3.46. The molecule has 0 saturated carbocycles. The zero-order valence-corrected chi connectivity index (χ0v) is 11.2. The Morgan fingerprint density at radius 1 is 1.39 bits per heavy atom. The number of benzene rings is 1. The van der Waals surface area contributed by atoms with Crippen LogP contribution in [0.2, 0.25) is 0 Å². The predicted molar refractivity (Wildman–Crippen MR) is 65.1 cm³/mol. The highest BCUT2D eigenvalue weighted by molar-refractivity contribution is 7.90. The van der Waals surface area contributed by atoms with Crippen molar-refractivity contribution < 1.29 is 22.7 Å². The van der Waals surface area contributed by atoms with E-state index in [-0.39, 0.29) is 11.5 Å². The summed E-state index contributed by atoms with van der Waals surface area (Å²) in [5.41, 5.74) is 0.657. The fourth-order valence-electron chi connectivity index (χ4n) is 1.35. The molecule has 0 radical (unpaired) electrons. The molecule has 1 amide bonds. The maximum atomic E-state index is 11.8. The molecule has 1 aromatic rings. The van der Waals surface area contributed by atoms with Gasteiger partial charge in [0.1, 0.15) is 5.75 Å². The smallest absolute Gasteiger partial charge is 0.421 e. The molecule has 0 spiro atoms. The molecule has 7 heteroatoms. The number of hydrogen-bond acceptors (Lipinski definition) is 5. The molecule has 1 N–H and O–H groups in total. The number of carbonyl (C=O) groups is 1. The lowest BCUT2D eigenvalue weighted by molar-refractivity contribution is 0.158. The third kappa shape index (κ3) is 3.36. The fourth-order valence-corrected chi connectivity index (χ4v) is 2.32. The lowest BCUT2D eigenvalue weighted by Gasteiger charge is -2.09. The van der Waals surface area contributed by atoms with Crippen molar-refractivity contribution >= 4 is 16.1 Å². The quantitative estimate of drug-likeness (QED) is 0.897. The van der Waals surface area contributed by atoms with Crippen LogP contribution in [0.5, 0.6) is 5.75 Å². The topological polar surface area (TPSA) is 81.7 Å². The van der Waals surface area contributed by atoms with Crippen LogP contribution in [0.1, 0.15) is 12.5 Å². The zero-order valence-electron chi connectivity index (χ0n) is 10.4. The molecule has 18 heavy (non-hydrogen) atoms. The standard InChI is InChI=1S/C11H15NO5S/c1-4-17-11(13)12-18(14,15)9-5-6-10(16-3)8(2)7-9/h5-7H,4H2,1-3H3,(H,12,13). The van der Waals surface area contributed by atoms with Crippen molar-refractivity contribution in [2.24, 2.45) is 0 Å². The SMILES string of the molecule is CCOC(=O)NS(=O)(=O)c1ccc(OC)c(C)c1. The van der Waals surface area contributed by atoms with E-state index in [0.717, 1.165) is 0 Å². The van der Waals surface area contributed by atoms with Crippen molar-refractivity contribution in [2.75, 3.05) is 13.7 Å². The van der Waals surface area contributed by atoms with Gasteiger partial charge in [-0.15, -0.1) is 0 Å². The number of ether oxygens (including phenoxy) is 2. The Balaban J connectivity index is 2.99. The molecular formula is C11H15NO5S. The van der Waals surface area contributed by atoms with Crippen molar-refractivity contribution in [3.05, 3.63) is 23.8 Å². The first-order chi connectivity index (χ1) is 8.40. The van der Waals surface area contributed by atoms with Gasteiger partial charge in [0.15, 0.2) is 0 Å². The summed E-state index contributed by atoms with van der Waals surface area (Å²) in [5.74, 6) is 0.574.